The van der Waals surface area contributed by atoms with Gasteiger partial charge in [0.15, 0.2) is 5.82 Å². The monoisotopic (exact) mass is 367 g/mol. The molecule has 0 aliphatic heterocycles. The van der Waals surface area contributed by atoms with Crippen molar-refractivity contribution in [2.75, 3.05) is 0 Å². The second kappa shape index (κ2) is 3.81. The van der Waals surface area contributed by atoms with Crippen molar-refractivity contribution in [1.29, 1.82) is 5.26 Å². The summed E-state index contributed by atoms with van der Waals surface area (Å²) in [4.78, 5) is 0. The maximum atomic E-state index is 14.1. The Balaban J connectivity index is 2.59. The molecule has 2 nitrogen and oxygen atoms in total. The standard InChI is InChI=1S/C13H4Br2FNO/c14-8-2-5-3-9(15)11(8)7-1-6(4-17)12(16)10(5)13(7)18/h1-3,18H. The largest absolute Gasteiger partial charge is 0.507 e. The molecule has 0 unspecified atom stereocenters. The van der Waals surface area contributed by atoms with Gasteiger partial charge in [-0.25, -0.2) is 4.39 Å². The summed E-state index contributed by atoms with van der Waals surface area (Å²) in [6.45, 7) is 0. The molecule has 0 saturated heterocycles. The molecule has 0 amide bonds. The van der Waals surface area contributed by atoms with E-state index in [0.717, 1.165) is 8.95 Å². The summed E-state index contributed by atoms with van der Waals surface area (Å²) in [5.41, 5.74) is 1.70. The molecule has 0 saturated carbocycles. The molecule has 2 aliphatic carbocycles. The minimum atomic E-state index is -0.690. The van der Waals surface area contributed by atoms with Crippen molar-refractivity contribution in [1.82, 2.24) is 0 Å². The van der Waals surface area contributed by atoms with Crippen LogP contribution in [0.15, 0.2) is 27.1 Å². The van der Waals surface area contributed by atoms with Crippen LogP contribution in [0, 0.1) is 17.1 Å². The molecule has 0 heterocycles. The minimum Gasteiger partial charge on any atom is -0.507 e. The van der Waals surface area contributed by atoms with Gasteiger partial charge in [0.05, 0.1) is 11.1 Å². The number of fused-ring (bicyclic) bond motifs is 2. The molecular weight excluding hydrogens is 365 g/mol. The molecule has 0 radical (unpaired) electrons. The number of phenols is 1. The zero-order valence-electron chi connectivity index (χ0n) is 8.76. The van der Waals surface area contributed by atoms with E-state index in [0.29, 0.717) is 16.7 Å². The molecule has 2 aromatic rings. The van der Waals surface area contributed by atoms with Gasteiger partial charge in [-0.3, -0.25) is 0 Å². The number of hydrogen-bond acceptors (Lipinski definition) is 2. The smallest absolute Gasteiger partial charge is 0.152 e. The molecule has 1 N–H and O–H groups in total. The van der Waals surface area contributed by atoms with Gasteiger partial charge in [-0.1, -0.05) is 31.9 Å². The number of nitriles is 1. The van der Waals surface area contributed by atoms with Crippen molar-refractivity contribution in [3.05, 3.63) is 38.5 Å². The number of aromatic hydroxyl groups is 1. The Morgan fingerprint density at radius 1 is 1.11 bits per heavy atom. The maximum Gasteiger partial charge on any atom is 0.152 e. The Kier molecular flexibility index (Phi) is 2.47. The van der Waals surface area contributed by atoms with Crippen molar-refractivity contribution < 1.29 is 9.50 Å². The molecule has 0 spiro atoms. The molecule has 4 rings (SSSR count). The van der Waals surface area contributed by atoms with E-state index >= 15 is 0 Å². The summed E-state index contributed by atoms with van der Waals surface area (Å²) in [6.07, 6.45) is 0. The molecular formula is C13H4Br2FNO. The van der Waals surface area contributed by atoms with Crippen LogP contribution in [0.5, 0.6) is 5.75 Å². The summed E-state index contributed by atoms with van der Waals surface area (Å²) in [5.74, 6) is -0.821. The third-order valence-electron chi connectivity index (χ3n) is 2.96. The summed E-state index contributed by atoms with van der Waals surface area (Å²) in [6, 6.07) is 6.63. The van der Waals surface area contributed by atoms with Gasteiger partial charge in [-0.2, -0.15) is 5.26 Å². The fourth-order valence-electron chi connectivity index (χ4n) is 2.16. The van der Waals surface area contributed by atoms with E-state index in [1.807, 2.05) is 6.07 Å². The van der Waals surface area contributed by atoms with Crippen molar-refractivity contribution in [3.8, 4) is 34.1 Å². The molecule has 0 atom stereocenters. The van der Waals surface area contributed by atoms with Crippen LogP contribution in [-0.2, 0) is 0 Å². The molecule has 2 aromatic carbocycles. The summed E-state index contributed by atoms with van der Waals surface area (Å²) in [5, 5.41) is 19.1. The number of nitrogens with zero attached hydrogens (tertiary/aromatic N) is 1. The molecule has 4 bridgehead atoms. The lowest BCUT2D eigenvalue weighted by atomic mass is 10.0. The Morgan fingerprint density at radius 2 is 1.72 bits per heavy atom. The molecule has 0 aromatic heterocycles. The Morgan fingerprint density at radius 3 is 2.28 bits per heavy atom. The van der Waals surface area contributed by atoms with Gasteiger partial charge in [-0.15, -0.1) is 0 Å². The van der Waals surface area contributed by atoms with Gasteiger partial charge in [0, 0.05) is 20.1 Å². The normalized spacial score (nSPS) is 11.2. The zero-order valence-corrected chi connectivity index (χ0v) is 11.9. The third-order valence-corrected chi connectivity index (χ3v) is 4.21. The minimum absolute atomic E-state index is 0.0704. The Labute approximate surface area is 119 Å². The summed E-state index contributed by atoms with van der Waals surface area (Å²) >= 11 is 6.78. The van der Waals surface area contributed by atoms with Gasteiger partial charge in [0.25, 0.3) is 0 Å². The van der Waals surface area contributed by atoms with Gasteiger partial charge in [0.2, 0.25) is 0 Å². The van der Waals surface area contributed by atoms with E-state index in [-0.39, 0.29) is 16.9 Å². The average Bonchev–Trinajstić information content (AvgIpc) is 2.41. The van der Waals surface area contributed by atoms with Crippen molar-refractivity contribution >= 4 is 31.9 Å². The fourth-order valence-corrected chi connectivity index (χ4v) is 3.77. The van der Waals surface area contributed by atoms with Crippen LogP contribution >= 0.6 is 31.9 Å². The lowest BCUT2D eigenvalue weighted by molar-refractivity contribution is 0.474. The number of halogens is 3. The van der Waals surface area contributed by atoms with E-state index in [9.17, 15) is 9.50 Å². The van der Waals surface area contributed by atoms with Gasteiger partial charge in [-0.05, 0) is 23.8 Å². The Hall–Kier alpha value is -1.38. The van der Waals surface area contributed by atoms with Crippen molar-refractivity contribution in [2.24, 2.45) is 0 Å². The number of phenolic OH excluding ortho intramolecular Hbond substituents is 1. The summed E-state index contributed by atoms with van der Waals surface area (Å²) in [7, 11) is 0. The van der Waals surface area contributed by atoms with Crippen LogP contribution in [0.25, 0.3) is 22.3 Å². The van der Waals surface area contributed by atoms with Crippen molar-refractivity contribution in [2.45, 2.75) is 0 Å². The SMILES string of the molecule is N#Cc1cc2c(O)c(c1F)-c1cc(Br)c-2c(Br)c1. The van der Waals surface area contributed by atoms with Crippen LogP contribution < -0.4 is 0 Å². The van der Waals surface area contributed by atoms with E-state index in [1.54, 1.807) is 12.1 Å². The predicted molar refractivity (Wildman–Crippen MR) is 72.6 cm³/mol. The number of benzene rings is 2. The van der Waals surface area contributed by atoms with Crippen molar-refractivity contribution in [3.63, 3.8) is 0 Å². The highest BCUT2D eigenvalue weighted by Gasteiger charge is 2.27. The molecule has 0 fully saturated rings. The highest BCUT2D eigenvalue weighted by Crippen LogP contribution is 2.51. The predicted octanol–water partition coefficient (Wildman–Crippen LogP) is 4.58. The average molecular weight is 369 g/mol. The lowest BCUT2D eigenvalue weighted by Crippen LogP contribution is -1.90. The second-order valence-corrected chi connectivity index (χ2v) is 5.64. The van der Waals surface area contributed by atoms with E-state index in [4.69, 9.17) is 5.26 Å². The van der Waals surface area contributed by atoms with E-state index < -0.39 is 5.82 Å². The number of hydrogen-bond donors (Lipinski definition) is 1. The van der Waals surface area contributed by atoms with Crippen LogP contribution in [0.3, 0.4) is 0 Å². The van der Waals surface area contributed by atoms with Crippen LogP contribution in [0.4, 0.5) is 4.39 Å². The molecule has 88 valence electrons. The topological polar surface area (TPSA) is 44.0 Å². The van der Waals surface area contributed by atoms with E-state index in [1.165, 1.54) is 6.07 Å². The first kappa shape index (κ1) is 11.7. The first-order valence-electron chi connectivity index (χ1n) is 5.00. The Bertz CT molecular complexity index is 727. The van der Waals surface area contributed by atoms with E-state index in [2.05, 4.69) is 31.9 Å². The summed E-state index contributed by atoms with van der Waals surface area (Å²) < 4.78 is 15.6. The molecule has 5 heteroatoms. The van der Waals surface area contributed by atoms with Crippen LogP contribution in [0.1, 0.15) is 5.56 Å². The van der Waals surface area contributed by atoms with Crippen LogP contribution in [0.2, 0.25) is 0 Å². The quantitative estimate of drug-likeness (QED) is 0.631. The second-order valence-electron chi connectivity index (χ2n) is 3.94. The first-order chi connectivity index (χ1) is 8.54. The fraction of sp³-hybridized carbons (Fsp3) is 0. The van der Waals surface area contributed by atoms with Gasteiger partial charge in [0.1, 0.15) is 11.8 Å². The highest BCUT2D eigenvalue weighted by molar-refractivity contribution is 9.11. The number of rotatable bonds is 0. The lowest BCUT2D eigenvalue weighted by Gasteiger charge is -2.08. The maximum absolute atomic E-state index is 14.1. The first-order valence-corrected chi connectivity index (χ1v) is 6.58. The van der Waals surface area contributed by atoms with Gasteiger partial charge >= 0.3 is 0 Å². The van der Waals surface area contributed by atoms with Crippen LogP contribution in [-0.4, -0.2) is 5.11 Å². The molecule has 2 aliphatic rings. The van der Waals surface area contributed by atoms with Gasteiger partial charge < -0.3 is 5.11 Å². The molecule has 18 heavy (non-hydrogen) atoms. The third kappa shape index (κ3) is 1.36. The zero-order chi connectivity index (χ0) is 13.0. The highest BCUT2D eigenvalue weighted by atomic mass is 79.9.